The van der Waals surface area contributed by atoms with E-state index in [-0.39, 0.29) is 6.61 Å². The minimum absolute atomic E-state index is 0.321. The monoisotopic (exact) mass is 305 g/mol. The highest BCUT2D eigenvalue weighted by Gasteiger charge is 2.47. The Morgan fingerprint density at radius 1 is 1.14 bits per heavy atom. The lowest BCUT2D eigenvalue weighted by atomic mass is 9.96. The molecule has 0 aromatic carbocycles. The molecule has 0 unspecified atom stereocenters. The number of amides is 1. The van der Waals surface area contributed by atoms with Gasteiger partial charge in [0.2, 0.25) is 5.91 Å². The summed E-state index contributed by atoms with van der Waals surface area (Å²) in [6, 6.07) is -1.13. The van der Waals surface area contributed by atoms with E-state index >= 15 is 0 Å². The number of hydrogen-bond acceptors (Lipinski definition) is 8. The lowest BCUT2D eigenvalue weighted by Gasteiger charge is -2.42. The van der Waals surface area contributed by atoms with E-state index < -0.39 is 48.5 Å². The predicted octanol–water partition coefficient (Wildman–Crippen LogP) is -1.94. The Balaban J connectivity index is 2.87. The van der Waals surface area contributed by atoms with Gasteiger partial charge in [0, 0.05) is 20.8 Å². The summed E-state index contributed by atoms with van der Waals surface area (Å²) in [7, 11) is 0. The number of nitrogens with one attached hydrogen (secondary N) is 1. The van der Waals surface area contributed by atoms with Gasteiger partial charge in [-0.3, -0.25) is 14.4 Å². The van der Waals surface area contributed by atoms with Crippen LogP contribution in [0.3, 0.4) is 0 Å². The van der Waals surface area contributed by atoms with Crippen LogP contribution in [-0.2, 0) is 28.6 Å². The van der Waals surface area contributed by atoms with Crippen molar-refractivity contribution in [3.8, 4) is 0 Å². The van der Waals surface area contributed by atoms with Gasteiger partial charge in [-0.15, -0.1) is 0 Å². The standard InChI is InChI=1S/C12H19NO8/c1-5(14)13-9-11(20-7(3)16)10(17)8(21-12(9)18)4-19-6(2)15/h8-12,17-18H,4H2,1-3H3,(H,13,14)/t8-,9-,10-,11-,12+/m1/s1. The summed E-state index contributed by atoms with van der Waals surface area (Å²) in [6.45, 7) is 3.18. The number of aliphatic hydroxyl groups excluding tert-OH is 2. The quantitative estimate of drug-likeness (QED) is 0.511. The van der Waals surface area contributed by atoms with Crippen LogP contribution in [0.5, 0.6) is 0 Å². The Hall–Kier alpha value is -1.71. The smallest absolute Gasteiger partial charge is 0.303 e. The molecule has 1 amide bonds. The van der Waals surface area contributed by atoms with Gasteiger partial charge in [0.1, 0.15) is 24.9 Å². The minimum Gasteiger partial charge on any atom is -0.463 e. The van der Waals surface area contributed by atoms with Crippen molar-refractivity contribution < 1.29 is 38.8 Å². The van der Waals surface area contributed by atoms with Crippen molar-refractivity contribution in [2.75, 3.05) is 6.61 Å². The van der Waals surface area contributed by atoms with E-state index in [1.54, 1.807) is 0 Å². The van der Waals surface area contributed by atoms with E-state index in [2.05, 4.69) is 5.32 Å². The van der Waals surface area contributed by atoms with Crippen molar-refractivity contribution in [2.24, 2.45) is 0 Å². The summed E-state index contributed by atoms with van der Waals surface area (Å²) in [6.07, 6.45) is -5.22. The molecule has 21 heavy (non-hydrogen) atoms. The molecule has 0 saturated carbocycles. The minimum atomic E-state index is -1.53. The third-order valence-corrected chi connectivity index (χ3v) is 2.82. The second-order valence-electron chi connectivity index (χ2n) is 4.66. The van der Waals surface area contributed by atoms with Crippen LogP contribution in [0.2, 0.25) is 0 Å². The number of hydrogen-bond donors (Lipinski definition) is 3. The van der Waals surface area contributed by atoms with Gasteiger partial charge in [-0.05, 0) is 0 Å². The maximum Gasteiger partial charge on any atom is 0.303 e. The van der Waals surface area contributed by atoms with Gasteiger partial charge in [-0.1, -0.05) is 0 Å². The van der Waals surface area contributed by atoms with E-state index in [0.29, 0.717) is 0 Å². The van der Waals surface area contributed by atoms with Crippen LogP contribution in [0.1, 0.15) is 20.8 Å². The molecule has 0 aliphatic carbocycles. The van der Waals surface area contributed by atoms with E-state index in [1.807, 2.05) is 0 Å². The average molecular weight is 305 g/mol. The molecule has 1 saturated heterocycles. The highest BCUT2D eigenvalue weighted by Crippen LogP contribution is 2.23. The molecule has 120 valence electrons. The molecule has 0 aromatic heterocycles. The van der Waals surface area contributed by atoms with Crippen molar-refractivity contribution in [1.82, 2.24) is 5.32 Å². The second-order valence-corrected chi connectivity index (χ2v) is 4.66. The lowest BCUT2D eigenvalue weighted by Crippen LogP contribution is -2.65. The number of carbonyl (C=O) groups excluding carboxylic acids is 3. The molecule has 5 atom stereocenters. The lowest BCUT2D eigenvalue weighted by molar-refractivity contribution is -0.259. The summed E-state index contributed by atoms with van der Waals surface area (Å²) in [5.74, 6) is -1.78. The molecule has 1 fully saturated rings. The van der Waals surface area contributed by atoms with Crippen LogP contribution in [0.25, 0.3) is 0 Å². The van der Waals surface area contributed by atoms with E-state index in [4.69, 9.17) is 14.2 Å². The van der Waals surface area contributed by atoms with Crippen LogP contribution in [0, 0.1) is 0 Å². The largest absolute Gasteiger partial charge is 0.463 e. The third-order valence-electron chi connectivity index (χ3n) is 2.82. The third kappa shape index (κ3) is 4.96. The van der Waals surface area contributed by atoms with Crippen molar-refractivity contribution in [2.45, 2.75) is 51.4 Å². The summed E-state index contributed by atoms with van der Waals surface area (Å²) in [5.41, 5.74) is 0. The number of carbonyl (C=O) groups is 3. The second kappa shape index (κ2) is 7.34. The molecular formula is C12H19NO8. The van der Waals surface area contributed by atoms with Gasteiger partial charge < -0.3 is 29.7 Å². The van der Waals surface area contributed by atoms with Crippen LogP contribution in [0.4, 0.5) is 0 Å². The van der Waals surface area contributed by atoms with Crippen molar-refractivity contribution >= 4 is 17.8 Å². The molecule has 1 aliphatic heterocycles. The predicted molar refractivity (Wildman–Crippen MR) is 66.7 cm³/mol. The molecular weight excluding hydrogens is 286 g/mol. The van der Waals surface area contributed by atoms with Crippen LogP contribution in [-0.4, -0.2) is 65.3 Å². The van der Waals surface area contributed by atoms with Crippen LogP contribution < -0.4 is 5.32 Å². The zero-order valence-corrected chi connectivity index (χ0v) is 11.9. The first-order valence-electron chi connectivity index (χ1n) is 6.31. The summed E-state index contributed by atoms with van der Waals surface area (Å²) in [5, 5.41) is 22.4. The topological polar surface area (TPSA) is 131 Å². The zero-order chi connectivity index (χ0) is 16.2. The maximum atomic E-state index is 11.1. The fourth-order valence-electron chi connectivity index (χ4n) is 1.99. The van der Waals surface area contributed by atoms with Gasteiger partial charge in [-0.2, -0.15) is 0 Å². The van der Waals surface area contributed by atoms with E-state index in [9.17, 15) is 24.6 Å². The molecule has 1 aliphatic rings. The van der Waals surface area contributed by atoms with E-state index in [1.165, 1.54) is 13.8 Å². The Bertz CT molecular complexity index is 412. The van der Waals surface area contributed by atoms with Gasteiger partial charge in [0.05, 0.1) is 0 Å². The first kappa shape index (κ1) is 17.3. The molecule has 1 rings (SSSR count). The van der Waals surface area contributed by atoms with Gasteiger partial charge in [0.15, 0.2) is 12.4 Å². The van der Waals surface area contributed by atoms with Crippen molar-refractivity contribution in [1.29, 1.82) is 0 Å². The SMILES string of the molecule is CC(=O)N[C@@H]1[C@@H](OC(C)=O)[C@H](O)[C@@H](COC(C)=O)O[C@@H]1O. The number of esters is 2. The summed E-state index contributed by atoms with van der Waals surface area (Å²) < 4.78 is 14.7. The fraction of sp³-hybridized carbons (Fsp3) is 0.750. The van der Waals surface area contributed by atoms with Crippen LogP contribution in [0.15, 0.2) is 0 Å². The Labute approximate surface area is 121 Å². The number of aliphatic hydroxyl groups is 2. The zero-order valence-electron chi connectivity index (χ0n) is 11.9. The summed E-state index contributed by atoms with van der Waals surface area (Å²) >= 11 is 0. The molecule has 3 N–H and O–H groups in total. The Morgan fingerprint density at radius 2 is 1.76 bits per heavy atom. The highest BCUT2D eigenvalue weighted by molar-refractivity contribution is 5.73. The highest BCUT2D eigenvalue weighted by atomic mass is 16.6. The first-order chi connectivity index (χ1) is 9.72. The molecule has 9 heteroatoms. The molecule has 9 nitrogen and oxygen atoms in total. The number of ether oxygens (including phenoxy) is 3. The fourth-order valence-corrected chi connectivity index (χ4v) is 1.99. The number of rotatable bonds is 4. The van der Waals surface area contributed by atoms with Crippen molar-refractivity contribution in [3.63, 3.8) is 0 Å². The normalized spacial score (nSPS) is 32.1. The maximum absolute atomic E-state index is 11.1. The van der Waals surface area contributed by atoms with Gasteiger partial charge in [0.25, 0.3) is 0 Å². The molecule has 0 spiro atoms. The molecule has 0 aromatic rings. The van der Waals surface area contributed by atoms with E-state index in [0.717, 1.165) is 6.92 Å². The molecule has 0 radical (unpaired) electrons. The summed E-state index contributed by atoms with van der Waals surface area (Å²) in [4.78, 5) is 33.0. The van der Waals surface area contributed by atoms with Gasteiger partial charge in [-0.25, -0.2) is 0 Å². The molecule has 1 heterocycles. The van der Waals surface area contributed by atoms with Crippen LogP contribution >= 0.6 is 0 Å². The van der Waals surface area contributed by atoms with Crippen molar-refractivity contribution in [3.05, 3.63) is 0 Å². The average Bonchev–Trinajstić information content (AvgIpc) is 2.35. The Morgan fingerprint density at radius 3 is 2.24 bits per heavy atom. The first-order valence-corrected chi connectivity index (χ1v) is 6.31. The van der Waals surface area contributed by atoms with Gasteiger partial charge >= 0.3 is 11.9 Å². The Kier molecular flexibility index (Phi) is 6.06. The molecule has 0 bridgehead atoms.